The van der Waals surface area contributed by atoms with Gasteiger partial charge in [0.25, 0.3) is 5.91 Å². The third kappa shape index (κ3) is 4.56. The number of aryl methyl sites for hydroxylation is 2. The van der Waals surface area contributed by atoms with E-state index in [1.54, 1.807) is 0 Å². The van der Waals surface area contributed by atoms with E-state index in [0.29, 0.717) is 5.82 Å². The number of para-hydroxylation sites is 1. The van der Waals surface area contributed by atoms with E-state index in [-0.39, 0.29) is 6.54 Å². The molecular weight excluding hydrogens is 366 g/mol. The third-order valence-electron chi connectivity index (χ3n) is 3.91. The molecule has 0 aliphatic rings. The number of nitrogens with one attached hydrogen (secondary N) is 1. The molecule has 0 fully saturated rings. The molecule has 0 bridgehead atoms. The van der Waals surface area contributed by atoms with Crippen molar-refractivity contribution in [2.24, 2.45) is 0 Å². The smallest absolute Gasteiger partial charge is 0.330 e. The van der Waals surface area contributed by atoms with Crippen LogP contribution in [0.5, 0.6) is 0 Å². The molecule has 2 heterocycles. The first-order valence-corrected chi connectivity index (χ1v) is 9.25. The molecule has 2 aromatic heterocycles. The van der Waals surface area contributed by atoms with Gasteiger partial charge < -0.3 is 10.1 Å². The Kier molecular flexibility index (Phi) is 5.60. The van der Waals surface area contributed by atoms with Crippen LogP contribution in [0.15, 0.2) is 35.0 Å². The summed E-state index contributed by atoms with van der Waals surface area (Å²) in [5.41, 5.74) is 3.44. The minimum absolute atomic E-state index is 0.224. The molecule has 3 aromatic rings. The van der Waals surface area contributed by atoms with Gasteiger partial charge in [0.05, 0.1) is 0 Å². The molecular formula is C18H19N5O3S. The first-order valence-electron chi connectivity index (χ1n) is 8.31. The molecule has 8 nitrogen and oxygen atoms in total. The van der Waals surface area contributed by atoms with Crippen LogP contribution in [0.1, 0.15) is 18.1 Å². The Morgan fingerprint density at radius 3 is 2.67 bits per heavy atom. The van der Waals surface area contributed by atoms with Crippen molar-refractivity contribution < 1.29 is 14.3 Å². The summed E-state index contributed by atoms with van der Waals surface area (Å²) in [7, 11) is 0. The number of esters is 1. The van der Waals surface area contributed by atoms with Crippen molar-refractivity contribution in [3.63, 3.8) is 0 Å². The molecule has 1 amide bonds. The van der Waals surface area contributed by atoms with Gasteiger partial charge in [-0.15, -0.1) is 10.2 Å². The Balaban J connectivity index is 1.56. The van der Waals surface area contributed by atoms with E-state index in [0.717, 1.165) is 27.2 Å². The van der Waals surface area contributed by atoms with Crippen LogP contribution in [-0.2, 0) is 20.9 Å². The number of benzene rings is 1. The summed E-state index contributed by atoms with van der Waals surface area (Å²) in [6.07, 6.45) is -0.948. The number of nitrogens with zero attached hydrogens (tertiary/aromatic N) is 4. The van der Waals surface area contributed by atoms with Crippen LogP contribution >= 0.6 is 11.3 Å². The minimum atomic E-state index is -0.948. The number of carbonyl (C=O) groups excluding carboxylic acids is 2. The maximum atomic E-state index is 12.3. The van der Waals surface area contributed by atoms with Gasteiger partial charge in [-0.05, 0) is 48.6 Å². The SMILES string of the molecule is Cc1cccc(C)c1NC(=O)[C@@H](C)OC(=O)Cn1nnc(-c2ccsc2)n1. The quantitative estimate of drug-likeness (QED) is 0.655. The number of hydrogen-bond donors (Lipinski definition) is 1. The number of thiophene rings is 1. The summed E-state index contributed by atoms with van der Waals surface area (Å²) in [6, 6.07) is 7.59. The largest absolute Gasteiger partial charge is 0.451 e. The lowest BCUT2D eigenvalue weighted by Crippen LogP contribution is -2.32. The van der Waals surface area contributed by atoms with Crippen molar-refractivity contribution in [1.82, 2.24) is 20.2 Å². The number of hydrogen-bond acceptors (Lipinski definition) is 7. The van der Waals surface area contributed by atoms with Crippen molar-refractivity contribution in [2.75, 3.05) is 5.32 Å². The molecule has 0 unspecified atom stereocenters. The zero-order valence-electron chi connectivity index (χ0n) is 15.2. The molecule has 1 N–H and O–H groups in total. The molecule has 27 heavy (non-hydrogen) atoms. The lowest BCUT2D eigenvalue weighted by Gasteiger charge is -2.16. The van der Waals surface area contributed by atoms with E-state index in [2.05, 4.69) is 20.7 Å². The van der Waals surface area contributed by atoms with Crippen LogP contribution in [0.4, 0.5) is 5.69 Å². The van der Waals surface area contributed by atoms with E-state index in [4.69, 9.17) is 4.74 Å². The van der Waals surface area contributed by atoms with Crippen molar-refractivity contribution in [3.05, 3.63) is 46.2 Å². The summed E-state index contributed by atoms with van der Waals surface area (Å²) < 4.78 is 5.19. The standard InChI is InChI=1S/C18H19N5O3S/c1-11-5-4-6-12(2)16(11)19-18(25)13(3)26-15(24)9-23-21-17(20-22-23)14-7-8-27-10-14/h4-8,10,13H,9H2,1-3H3,(H,19,25)/t13-/m1/s1. The molecule has 9 heteroatoms. The minimum Gasteiger partial charge on any atom is -0.451 e. The lowest BCUT2D eigenvalue weighted by molar-refractivity contribution is -0.154. The molecule has 140 valence electrons. The van der Waals surface area contributed by atoms with Crippen LogP contribution in [-0.4, -0.2) is 38.2 Å². The van der Waals surface area contributed by atoms with Crippen LogP contribution in [0.3, 0.4) is 0 Å². The number of carbonyl (C=O) groups is 2. The van der Waals surface area contributed by atoms with Crippen molar-refractivity contribution in [2.45, 2.75) is 33.4 Å². The van der Waals surface area contributed by atoms with E-state index < -0.39 is 18.0 Å². The van der Waals surface area contributed by atoms with E-state index in [1.807, 2.05) is 48.9 Å². The summed E-state index contributed by atoms with van der Waals surface area (Å²) >= 11 is 1.52. The summed E-state index contributed by atoms with van der Waals surface area (Å²) in [4.78, 5) is 25.6. The van der Waals surface area contributed by atoms with Gasteiger partial charge in [-0.25, -0.2) is 4.79 Å². The first-order chi connectivity index (χ1) is 12.9. The van der Waals surface area contributed by atoms with Crippen LogP contribution in [0.25, 0.3) is 11.4 Å². The third-order valence-corrected chi connectivity index (χ3v) is 4.59. The van der Waals surface area contributed by atoms with Gasteiger partial charge in [0.1, 0.15) is 0 Å². The van der Waals surface area contributed by atoms with Crippen LogP contribution < -0.4 is 5.32 Å². The summed E-state index contributed by atoms with van der Waals surface area (Å²) in [6.45, 7) is 5.10. The first kappa shape index (κ1) is 18.7. The Hall–Kier alpha value is -3.07. The van der Waals surface area contributed by atoms with E-state index in [9.17, 15) is 9.59 Å². The number of aromatic nitrogens is 4. The molecule has 0 aliphatic carbocycles. The average Bonchev–Trinajstić information content (AvgIpc) is 3.29. The molecule has 0 saturated carbocycles. The highest BCUT2D eigenvalue weighted by Crippen LogP contribution is 2.20. The summed E-state index contributed by atoms with van der Waals surface area (Å²) in [5.74, 6) is -0.579. The number of tetrazole rings is 1. The maximum Gasteiger partial charge on any atom is 0.330 e. The average molecular weight is 385 g/mol. The summed E-state index contributed by atoms with van der Waals surface area (Å²) in [5, 5.41) is 18.5. The molecule has 0 aliphatic heterocycles. The van der Waals surface area contributed by atoms with Gasteiger partial charge in [-0.2, -0.15) is 16.1 Å². The highest BCUT2D eigenvalue weighted by molar-refractivity contribution is 7.08. The van der Waals surface area contributed by atoms with Gasteiger partial charge in [-0.1, -0.05) is 18.2 Å². The van der Waals surface area contributed by atoms with Crippen molar-refractivity contribution in [3.8, 4) is 11.4 Å². The predicted molar refractivity (Wildman–Crippen MR) is 101 cm³/mol. The van der Waals surface area contributed by atoms with E-state index >= 15 is 0 Å². The second-order valence-corrected chi connectivity index (χ2v) is 6.82. The number of anilines is 1. The Labute approximate surface area is 160 Å². The fraction of sp³-hybridized carbons (Fsp3) is 0.278. The van der Waals surface area contributed by atoms with Crippen LogP contribution in [0.2, 0.25) is 0 Å². The lowest BCUT2D eigenvalue weighted by atomic mass is 10.1. The van der Waals surface area contributed by atoms with Crippen LogP contribution in [0, 0.1) is 13.8 Å². The van der Waals surface area contributed by atoms with Crippen molar-refractivity contribution >= 4 is 28.9 Å². The highest BCUT2D eigenvalue weighted by Gasteiger charge is 2.20. The predicted octanol–water partition coefficient (Wildman–Crippen LogP) is 2.59. The van der Waals surface area contributed by atoms with Gasteiger partial charge in [0.15, 0.2) is 12.6 Å². The topological polar surface area (TPSA) is 99.0 Å². The number of rotatable bonds is 6. The Bertz CT molecular complexity index is 932. The zero-order chi connectivity index (χ0) is 19.4. The normalized spacial score (nSPS) is 11.8. The number of ether oxygens (including phenoxy) is 1. The fourth-order valence-electron chi connectivity index (χ4n) is 2.46. The Morgan fingerprint density at radius 2 is 2.00 bits per heavy atom. The molecule has 1 aromatic carbocycles. The Morgan fingerprint density at radius 1 is 1.26 bits per heavy atom. The van der Waals surface area contributed by atoms with Gasteiger partial charge in [-0.3, -0.25) is 4.79 Å². The maximum absolute atomic E-state index is 12.3. The van der Waals surface area contributed by atoms with Gasteiger partial charge in [0.2, 0.25) is 5.82 Å². The van der Waals surface area contributed by atoms with Gasteiger partial charge >= 0.3 is 5.97 Å². The molecule has 1 atom stereocenters. The molecule has 0 radical (unpaired) electrons. The molecule has 0 saturated heterocycles. The van der Waals surface area contributed by atoms with Crippen molar-refractivity contribution in [1.29, 1.82) is 0 Å². The molecule has 0 spiro atoms. The number of amides is 1. The van der Waals surface area contributed by atoms with Gasteiger partial charge in [0, 0.05) is 16.6 Å². The zero-order valence-corrected chi connectivity index (χ0v) is 16.0. The van der Waals surface area contributed by atoms with E-state index in [1.165, 1.54) is 18.3 Å². The second-order valence-electron chi connectivity index (χ2n) is 6.04. The monoisotopic (exact) mass is 385 g/mol. The fourth-order valence-corrected chi connectivity index (χ4v) is 3.09. The highest BCUT2D eigenvalue weighted by atomic mass is 32.1. The molecule has 3 rings (SSSR count). The second kappa shape index (κ2) is 8.09.